The molecule has 0 unspecified atom stereocenters. The lowest BCUT2D eigenvalue weighted by molar-refractivity contribution is 0.0674. The maximum atomic E-state index is 12.8. The summed E-state index contributed by atoms with van der Waals surface area (Å²) in [5.41, 5.74) is 6.87. The van der Waals surface area contributed by atoms with Crippen molar-refractivity contribution in [2.45, 2.75) is 30.7 Å². The molecule has 2 aliphatic heterocycles. The molecule has 25 heavy (non-hydrogen) atoms. The highest BCUT2D eigenvalue weighted by molar-refractivity contribution is 7.89. The van der Waals surface area contributed by atoms with Crippen LogP contribution < -0.4 is 5.73 Å². The Morgan fingerprint density at radius 1 is 1.12 bits per heavy atom. The lowest BCUT2D eigenvalue weighted by Gasteiger charge is -2.27. The fourth-order valence-electron chi connectivity index (χ4n) is 3.12. The molecule has 3 rings (SSSR count). The number of ether oxygens (including phenoxy) is 1. The largest absolute Gasteiger partial charge is 0.378 e. The number of sulfonamides is 1. The number of guanidine groups is 1. The van der Waals surface area contributed by atoms with Gasteiger partial charge >= 0.3 is 0 Å². The highest BCUT2D eigenvalue weighted by Gasteiger charge is 2.25. The zero-order chi connectivity index (χ0) is 17.7. The van der Waals surface area contributed by atoms with Gasteiger partial charge in [-0.2, -0.15) is 4.31 Å². The molecule has 0 radical (unpaired) electrons. The number of rotatable bonds is 4. The van der Waals surface area contributed by atoms with E-state index in [4.69, 9.17) is 10.5 Å². The summed E-state index contributed by atoms with van der Waals surface area (Å²) in [5, 5.41) is 0. The summed E-state index contributed by atoms with van der Waals surface area (Å²) in [4.78, 5) is 6.73. The molecule has 7 nitrogen and oxygen atoms in total. The molecule has 1 aromatic carbocycles. The third kappa shape index (κ3) is 4.50. The highest BCUT2D eigenvalue weighted by atomic mass is 32.2. The van der Waals surface area contributed by atoms with E-state index in [0.29, 0.717) is 43.7 Å². The molecule has 2 aliphatic rings. The normalized spacial score (nSPS) is 20.6. The molecule has 0 aromatic heterocycles. The molecular weight excluding hydrogens is 340 g/mol. The average molecular weight is 366 g/mol. The quantitative estimate of drug-likeness (QED) is 0.635. The van der Waals surface area contributed by atoms with Gasteiger partial charge in [-0.05, 0) is 30.5 Å². The van der Waals surface area contributed by atoms with Crippen LogP contribution in [0.4, 0.5) is 0 Å². The Kier molecular flexibility index (Phi) is 5.93. The van der Waals surface area contributed by atoms with E-state index in [1.54, 1.807) is 22.5 Å². The van der Waals surface area contributed by atoms with E-state index >= 15 is 0 Å². The summed E-state index contributed by atoms with van der Waals surface area (Å²) in [6.07, 6.45) is 2.96. The summed E-state index contributed by atoms with van der Waals surface area (Å²) in [6.45, 7) is 4.35. The van der Waals surface area contributed by atoms with E-state index in [9.17, 15) is 8.42 Å². The minimum atomic E-state index is -3.42. The standard InChI is InChI=1S/C17H26N4O3S/c18-17(20-9-11-24-12-10-20)19-14-15-5-4-6-16(13-15)25(22,23)21-7-2-1-3-8-21/h4-6,13H,1-3,7-12,14H2,(H2,18,19). The Balaban J connectivity index is 1.70. The topological polar surface area (TPSA) is 88.2 Å². The van der Waals surface area contributed by atoms with Crippen molar-refractivity contribution in [1.29, 1.82) is 0 Å². The average Bonchev–Trinajstić information content (AvgIpc) is 2.67. The van der Waals surface area contributed by atoms with Crippen LogP contribution >= 0.6 is 0 Å². The first-order valence-corrected chi connectivity index (χ1v) is 10.2. The molecular formula is C17H26N4O3S. The molecule has 138 valence electrons. The summed E-state index contributed by atoms with van der Waals surface area (Å²) in [6, 6.07) is 7.01. The Morgan fingerprint density at radius 2 is 1.84 bits per heavy atom. The summed E-state index contributed by atoms with van der Waals surface area (Å²) < 4.78 is 32.4. The van der Waals surface area contributed by atoms with Gasteiger partial charge in [0.25, 0.3) is 0 Å². The van der Waals surface area contributed by atoms with Crippen LogP contribution in [-0.2, 0) is 21.3 Å². The summed E-state index contributed by atoms with van der Waals surface area (Å²) >= 11 is 0. The zero-order valence-electron chi connectivity index (χ0n) is 14.4. The zero-order valence-corrected chi connectivity index (χ0v) is 15.2. The Bertz CT molecular complexity index is 708. The molecule has 0 amide bonds. The highest BCUT2D eigenvalue weighted by Crippen LogP contribution is 2.21. The first kappa shape index (κ1) is 18.2. The molecule has 1 aromatic rings. The molecule has 2 saturated heterocycles. The molecule has 2 fully saturated rings. The predicted octanol–water partition coefficient (Wildman–Crippen LogP) is 1.01. The van der Waals surface area contributed by atoms with Gasteiger partial charge in [0.05, 0.1) is 24.7 Å². The molecule has 0 bridgehead atoms. The van der Waals surface area contributed by atoms with Crippen LogP contribution in [0.3, 0.4) is 0 Å². The molecule has 0 aliphatic carbocycles. The maximum Gasteiger partial charge on any atom is 0.243 e. The van der Waals surface area contributed by atoms with Gasteiger partial charge in [0.2, 0.25) is 10.0 Å². The van der Waals surface area contributed by atoms with Gasteiger partial charge in [-0.25, -0.2) is 13.4 Å². The van der Waals surface area contributed by atoms with Crippen molar-refractivity contribution in [3.63, 3.8) is 0 Å². The Labute approximate surface area is 149 Å². The van der Waals surface area contributed by atoms with E-state index < -0.39 is 10.0 Å². The lowest BCUT2D eigenvalue weighted by Crippen LogP contribution is -2.44. The van der Waals surface area contributed by atoms with E-state index in [1.165, 1.54) is 0 Å². The number of benzene rings is 1. The second kappa shape index (κ2) is 8.16. The molecule has 8 heteroatoms. The predicted molar refractivity (Wildman–Crippen MR) is 96.8 cm³/mol. The summed E-state index contributed by atoms with van der Waals surface area (Å²) in [5.74, 6) is 0.479. The van der Waals surface area contributed by atoms with Crippen LogP contribution in [0.5, 0.6) is 0 Å². The molecule has 0 saturated carbocycles. The number of hydrogen-bond acceptors (Lipinski definition) is 4. The number of nitrogens with zero attached hydrogens (tertiary/aromatic N) is 3. The minimum absolute atomic E-state index is 0.340. The number of piperidine rings is 1. The number of aliphatic imine (C=N–C) groups is 1. The van der Waals surface area contributed by atoms with Crippen LogP contribution in [0.25, 0.3) is 0 Å². The maximum absolute atomic E-state index is 12.8. The third-order valence-electron chi connectivity index (χ3n) is 4.61. The van der Waals surface area contributed by atoms with Crippen molar-refractivity contribution in [1.82, 2.24) is 9.21 Å². The molecule has 0 spiro atoms. The fraction of sp³-hybridized carbons (Fsp3) is 0.588. The van der Waals surface area contributed by atoms with Crippen molar-refractivity contribution < 1.29 is 13.2 Å². The van der Waals surface area contributed by atoms with Gasteiger partial charge in [0, 0.05) is 26.2 Å². The van der Waals surface area contributed by atoms with Gasteiger partial charge in [0.1, 0.15) is 0 Å². The lowest BCUT2D eigenvalue weighted by atomic mass is 10.2. The minimum Gasteiger partial charge on any atom is -0.378 e. The Hall–Kier alpha value is -1.64. The van der Waals surface area contributed by atoms with Gasteiger partial charge < -0.3 is 15.4 Å². The molecule has 2 N–H and O–H groups in total. The van der Waals surface area contributed by atoms with E-state index in [-0.39, 0.29) is 0 Å². The van der Waals surface area contributed by atoms with Gasteiger partial charge in [-0.1, -0.05) is 18.6 Å². The van der Waals surface area contributed by atoms with Crippen molar-refractivity contribution in [3.8, 4) is 0 Å². The summed E-state index contributed by atoms with van der Waals surface area (Å²) in [7, 11) is -3.42. The molecule has 0 atom stereocenters. The SMILES string of the molecule is NC(=NCc1cccc(S(=O)(=O)N2CCCCC2)c1)N1CCOCC1. The number of hydrogen-bond donors (Lipinski definition) is 1. The van der Waals surface area contributed by atoms with Gasteiger partial charge in [-0.3, -0.25) is 0 Å². The number of morpholine rings is 1. The van der Waals surface area contributed by atoms with Crippen molar-refractivity contribution in [3.05, 3.63) is 29.8 Å². The van der Waals surface area contributed by atoms with Gasteiger partial charge in [-0.15, -0.1) is 0 Å². The van der Waals surface area contributed by atoms with Crippen molar-refractivity contribution in [2.75, 3.05) is 39.4 Å². The van der Waals surface area contributed by atoms with Crippen LogP contribution in [0, 0.1) is 0 Å². The van der Waals surface area contributed by atoms with Crippen LogP contribution in [0.1, 0.15) is 24.8 Å². The van der Waals surface area contributed by atoms with Crippen LogP contribution in [0.2, 0.25) is 0 Å². The second-order valence-electron chi connectivity index (χ2n) is 6.39. The first-order valence-electron chi connectivity index (χ1n) is 8.79. The van der Waals surface area contributed by atoms with E-state index in [1.807, 2.05) is 11.0 Å². The molecule has 2 heterocycles. The van der Waals surface area contributed by atoms with Crippen LogP contribution in [0.15, 0.2) is 34.2 Å². The third-order valence-corrected chi connectivity index (χ3v) is 6.50. The van der Waals surface area contributed by atoms with Crippen molar-refractivity contribution in [2.24, 2.45) is 10.7 Å². The number of nitrogens with two attached hydrogens (primary N) is 1. The fourth-order valence-corrected chi connectivity index (χ4v) is 4.71. The van der Waals surface area contributed by atoms with Crippen LogP contribution in [-0.4, -0.2) is 63.0 Å². The van der Waals surface area contributed by atoms with E-state index in [2.05, 4.69) is 4.99 Å². The second-order valence-corrected chi connectivity index (χ2v) is 8.32. The first-order chi connectivity index (χ1) is 12.1. The smallest absolute Gasteiger partial charge is 0.243 e. The van der Waals surface area contributed by atoms with E-state index in [0.717, 1.165) is 37.9 Å². The Morgan fingerprint density at radius 3 is 2.56 bits per heavy atom. The van der Waals surface area contributed by atoms with Gasteiger partial charge in [0.15, 0.2) is 5.96 Å². The van der Waals surface area contributed by atoms with Crippen molar-refractivity contribution >= 4 is 16.0 Å². The monoisotopic (exact) mass is 366 g/mol.